The SMILES string of the molecule is O=C(OC12CC3CC(CC(C3)C1)C2)C(C1CCCCC1)C1CCCCC1. The molecule has 6 rings (SSSR count). The molecule has 0 N–H and O–H groups in total. The lowest BCUT2D eigenvalue weighted by Crippen LogP contribution is -2.54. The zero-order chi connectivity index (χ0) is 17.6. The molecule has 0 spiro atoms. The van der Waals surface area contributed by atoms with Crippen molar-refractivity contribution in [3.05, 3.63) is 0 Å². The molecule has 0 amide bonds. The van der Waals surface area contributed by atoms with Crippen LogP contribution in [0.2, 0.25) is 0 Å². The van der Waals surface area contributed by atoms with Crippen LogP contribution in [-0.4, -0.2) is 11.6 Å². The van der Waals surface area contributed by atoms with Crippen LogP contribution < -0.4 is 0 Å². The summed E-state index contributed by atoms with van der Waals surface area (Å²) in [5, 5.41) is 0. The van der Waals surface area contributed by atoms with E-state index in [1.807, 2.05) is 0 Å². The van der Waals surface area contributed by atoms with Crippen LogP contribution in [0.25, 0.3) is 0 Å². The second kappa shape index (κ2) is 7.13. The molecule has 146 valence electrons. The van der Waals surface area contributed by atoms with E-state index in [0.717, 1.165) is 17.8 Å². The normalized spacial score (nSPS) is 40.9. The summed E-state index contributed by atoms with van der Waals surface area (Å²) in [6.07, 6.45) is 21.0. The van der Waals surface area contributed by atoms with E-state index >= 15 is 0 Å². The zero-order valence-electron chi connectivity index (χ0n) is 16.6. The Labute approximate surface area is 159 Å². The third-order valence-electron chi connectivity index (χ3n) is 8.89. The topological polar surface area (TPSA) is 26.3 Å². The summed E-state index contributed by atoms with van der Waals surface area (Å²) in [5.41, 5.74) is -0.0482. The van der Waals surface area contributed by atoms with E-state index in [9.17, 15) is 4.79 Å². The van der Waals surface area contributed by atoms with Crippen LogP contribution >= 0.6 is 0 Å². The Morgan fingerprint density at radius 3 is 1.54 bits per heavy atom. The molecule has 2 heteroatoms. The van der Waals surface area contributed by atoms with E-state index in [4.69, 9.17) is 4.74 Å². The van der Waals surface area contributed by atoms with E-state index in [0.29, 0.717) is 11.8 Å². The summed E-state index contributed by atoms with van der Waals surface area (Å²) in [6, 6.07) is 0. The number of ether oxygens (including phenoxy) is 1. The van der Waals surface area contributed by atoms with Crippen LogP contribution in [0.4, 0.5) is 0 Å². The number of carbonyl (C=O) groups excluding carboxylic acids is 1. The van der Waals surface area contributed by atoms with Gasteiger partial charge < -0.3 is 4.74 Å². The summed E-state index contributed by atoms with van der Waals surface area (Å²) < 4.78 is 6.58. The van der Waals surface area contributed by atoms with Crippen molar-refractivity contribution in [3.63, 3.8) is 0 Å². The first kappa shape index (κ1) is 17.6. The molecular formula is C24H38O2. The fraction of sp³-hybridized carbons (Fsp3) is 0.958. The van der Waals surface area contributed by atoms with E-state index in [1.54, 1.807) is 0 Å². The van der Waals surface area contributed by atoms with E-state index in [2.05, 4.69) is 0 Å². The molecule has 4 bridgehead atoms. The predicted molar refractivity (Wildman–Crippen MR) is 104 cm³/mol. The van der Waals surface area contributed by atoms with Crippen LogP contribution in [-0.2, 0) is 9.53 Å². The van der Waals surface area contributed by atoms with Crippen molar-refractivity contribution in [1.29, 1.82) is 0 Å². The molecule has 0 aromatic carbocycles. The van der Waals surface area contributed by atoms with Gasteiger partial charge in [-0.15, -0.1) is 0 Å². The summed E-state index contributed by atoms with van der Waals surface area (Å²) in [7, 11) is 0. The van der Waals surface area contributed by atoms with Crippen molar-refractivity contribution in [1.82, 2.24) is 0 Å². The highest BCUT2D eigenvalue weighted by Crippen LogP contribution is 2.57. The molecule has 6 aliphatic rings. The molecule has 0 atom stereocenters. The third-order valence-corrected chi connectivity index (χ3v) is 8.89. The quantitative estimate of drug-likeness (QED) is 0.553. The largest absolute Gasteiger partial charge is 0.459 e. The molecule has 0 heterocycles. The molecule has 6 aliphatic carbocycles. The van der Waals surface area contributed by atoms with Gasteiger partial charge in [-0.1, -0.05) is 38.5 Å². The Morgan fingerprint density at radius 2 is 1.12 bits per heavy atom. The minimum atomic E-state index is -0.0482. The molecule has 0 aromatic rings. The first-order valence-corrected chi connectivity index (χ1v) is 11.9. The van der Waals surface area contributed by atoms with E-state index < -0.39 is 0 Å². The third kappa shape index (κ3) is 3.35. The smallest absolute Gasteiger partial charge is 0.310 e. The second-order valence-electron chi connectivity index (χ2n) is 10.8. The van der Waals surface area contributed by atoms with Crippen LogP contribution in [0.15, 0.2) is 0 Å². The minimum absolute atomic E-state index is 0.0482. The molecule has 6 saturated carbocycles. The van der Waals surface area contributed by atoms with Crippen molar-refractivity contribution >= 4 is 5.97 Å². The maximum atomic E-state index is 13.6. The van der Waals surface area contributed by atoms with Gasteiger partial charge in [0.25, 0.3) is 0 Å². The van der Waals surface area contributed by atoms with Gasteiger partial charge in [0.05, 0.1) is 5.92 Å². The van der Waals surface area contributed by atoms with E-state index in [-0.39, 0.29) is 17.5 Å². The fourth-order valence-corrected chi connectivity index (χ4v) is 8.19. The monoisotopic (exact) mass is 358 g/mol. The summed E-state index contributed by atoms with van der Waals surface area (Å²) >= 11 is 0. The van der Waals surface area contributed by atoms with Gasteiger partial charge in [0.15, 0.2) is 0 Å². The van der Waals surface area contributed by atoms with Crippen molar-refractivity contribution in [2.75, 3.05) is 0 Å². The number of hydrogen-bond acceptors (Lipinski definition) is 2. The lowest BCUT2D eigenvalue weighted by atomic mass is 9.54. The van der Waals surface area contributed by atoms with Crippen molar-refractivity contribution < 1.29 is 9.53 Å². The highest BCUT2D eigenvalue weighted by atomic mass is 16.6. The first-order chi connectivity index (χ1) is 12.7. The first-order valence-electron chi connectivity index (χ1n) is 11.9. The molecule has 0 aliphatic heterocycles. The lowest BCUT2D eigenvalue weighted by molar-refractivity contribution is -0.195. The Hall–Kier alpha value is -0.530. The van der Waals surface area contributed by atoms with Gasteiger partial charge in [0.2, 0.25) is 0 Å². The fourth-order valence-electron chi connectivity index (χ4n) is 8.19. The van der Waals surface area contributed by atoms with Crippen molar-refractivity contribution in [2.24, 2.45) is 35.5 Å². The van der Waals surface area contributed by atoms with Crippen LogP contribution in [0.1, 0.15) is 103 Å². The summed E-state index contributed by atoms with van der Waals surface area (Å²) in [4.78, 5) is 13.6. The standard InChI is InChI=1S/C24H38O2/c25-23(26-24-14-17-11-18(15-24)13-19(12-17)16-24)22(20-7-3-1-4-8-20)21-9-5-2-6-10-21/h17-22H,1-16H2. The molecule has 0 unspecified atom stereocenters. The second-order valence-corrected chi connectivity index (χ2v) is 10.8. The lowest BCUT2D eigenvalue weighted by Gasteiger charge is -2.56. The highest BCUT2D eigenvalue weighted by Gasteiger charge is 2.54. The molecule has 0 aromatic heterocycles. The van der Waals surface area contributed by atoms with Crippen LogP contribution in [0.3, 0.4) is 0 Å². The summed E-state index contributed by atoms with van der Waals surface area (Å²) in [6.45, 7) is 0. The molecule has 0 saturated heterocycles. The van der Waals surface area contributed by atoms with Crippen LogP contribution in [0, 0.1) is 35.5 Å². The van der Waals surface area contributed by atoms with Crippen LogP contribution in [0.5, 0.6) is 0 Å². The van der Waals surface area contributed by atoms with Gasteiger partial charge in [-0.3, -0.25) is 4.79 Å². The van der Waals surface area contributed by atoms with Crippen molar-refractivity contribution in [3.8, 4) is 0 Å². The number of hydrogen-bond donors (Lipinski definition) is 0. The maximum absolute atomic E-state index is 13.6. The number of rotatable bonds is 4. The van der Waals surface area contributed by atoms with Gasteiger partial charge in [-0.2, -0.15) is 0 Å². The van der Waals surface area contributed by atoms with Gasteiger partial charge in [0, 0.05) is 0 Å². The molecule has 26 heavy (non-hydrogen) atoms. The van der Waals surface area contributed by atoms with E-state index in [1.165, 1.54) is 103 Å². The molecule has 0 radical (unpaired) electrons. The van der Waals surface area contributed by atoms with Gasteiger partial charge in [-0.25, -0.2) is 0 Å². The van der Waals surface area contributed by atoms with Crippen molar-refractivity contribution in [2.45, 2.75) is 108 Å². The minimum Gasteiger partial charge on any atom is -0.459 e. The van der Waals surface area contributed by atoms with Gasteiger partial charge in [-0.05, 0) is 93.8 Å². The Bertz CT molecular complexity index is 459. The number of carbonyl (C=O) groups is 1. The average Bonchev–Trinajstić information content (AvgIpc) is 2.62. The zero-order valence-corrected chi connectivity index (χ0v) is 16.6. The average molecular weight is 359 g/mol. The molecule has 6 fully saturated rings. The Kier molecular flexibility index (Phi) is 4.82. The Morgan fingerprint density at radius 1 is 0.692 bits per heavy atom. The van der Waals surface area contributed by atoms with Gasteiger partial charge in [0.1, 0.15) is 5.60 Å². The molecular weight excluding hydrogens is 320 g/mol. The molecule has 2 nitrogen and oxygen atoms in total. The highest BCUT2D eigenvalue weighted by molar-refractivity contribution is 5.74. The maximum Gasteiger partial charge on any atom is 0.310 e. The Balaban J connectivity index is 1.33. The predicted octanol–water partition coefficient (Wildman–Crippen LogP) is 6.28. The summed E-state index contributed by atoms with van der Waals surface area (Å²) in [5.74, 6) is 4.28. The van der Waals surface area contributed by atoms with Gasteiger partial charge >= 0.3 is 5.97 Å². The number of esters is 1.